The van der Waals surface area contributed by atoms with E-state index in [0.717, 1.165) is 0 Å². The first-order valence-corrected chi connectivity index (χ1v) is 7.42. The molecule has 23 heavy (non-hydrogen) atoms. The van der Waals surface area contributed by atoms with Crippen molar-refractivity contribution in [1.29, 1.82) is 0 Å². The maximum atomic E-state index is 12.2. The van der Waals surface area contributed by atoms with E-state index in [1.54, 1.807) is 55.5 Å². The number of primary amides is 1. The van der Waals surface area contributed by atoms with Gasteiger partial charge in [-0.05, 0) is 36.8 Å². The Morgan fingerprint density at radius 2 is 1.70 bits per heavy atom. The van der Waals surface area contributed by atoms with Crippen LogP contribution in [0.15, 0.2) is 54.6 Å². The fourth-order valence-electron chi connectivity index (χ4n) is 1.99. The van der Waals surface area contributed by atoms with Crippen molar-refractivity contribution in [2.75, 3.05) is 0 Å². The molecule has 0 aliphatic heterocycles. The average Bonchev–Trinajstić information content (AvgIpc) is 2.55. The number of nitrogens with two attached hydrogens (primary N) is 1. The van der Waals surface area contributed by atoms with E-state index in [0.29, 0.717) is 16.3 Å². The molecule has 0 fully saturated rings. The van der Waals surface area contributed by atoms with Gasteiger partial charge in [0, 0.05) is 5.02 Å². The second-order valence-corrected chi connectivity index (χ2v) is 5.41. The molecule has 2 aromatic carbocycles. The molecule has 3 N–H and O–H groups in total. The van der Waals surface area contributed by atoms with Gasteiger partial charge in [-0.2, -0.15) is 0 Å². The number of amides is 2. The smallest absolute Gasteiger partial charge is 0.261 e. The molecule has 2 atom stereocenters. The second kappa shape index (κ2) is 7.65. The topological polar surface area (TPSA) is 81.4 Å². The van der Waals surface area contributed by atoms with Crippen LogP contribution in [0.25, 0.3) is 0 Å². The van der Waals surface area contributed by atoms with E-state index >= 15 is 0 Å². The Hall–Kier alpha value is -2.53. The predicted octanol–water partition coefficient (Wildman–Crippen LogP) is 2.45. The number of carbonyl (C=O) groups excluding carboxylic acids is 2. The minimum Gasteiger partial charge on any atom is -0.481 e. The minimum atomic E-state index is -0.903. The van der Waals surface area contributed by atoms with Crippen LogP contribution < -0.4 is 15.8 Å². The number of ether oxygens (including phenoxy) is 1. The van der Waals surface area contributed by atoms with Gasteiger partial charge >= 0.3 is 0 Å². The zero-order valence-electron chi connectivity index (χ0n) is 12.5. The lowest BCUT2D eigenvalue weighted by Gasteiger charge is -2.19. The van der Waals surface area contributed by atoms with Gasteiger partial charge in [0.2, 0.25) is 5.91 Å². The van der Waals surface area contributed by atoms with Crippen LogP contribution in [-0.2, 0) is 9.59 Å². The van der Waals surface area contributed by atoms with Gasteiger partial charge in [0.25, 0.3) is 5.91 Å². The molecule has 0 aromatic heterocycles. The largest absolute Gasteiger partial charge is 0.481 e. The van der Waals surface area contributed by atoms with Crippen molar-refractivity contribution >= 4 is 23.4 Å². The standard InChI is InChI=1S/C17H17ClN2O3/c1-11(23-14-9-7-13(18)8-10-14)17(22)20-15(16(19)21)12-5-3-2-4-6-12/h2-11,15H,1H3,(H2,19,21)(H,20,22)/t11-,15-/m1/s1. The summed E-state index contributed by atoms with van der Waals surface area (Å²) in [5, 5.41) is 3.18. The first kappa shape index (κ1) is 16.8. The molecule has 0 spiro atoms. The average molecular weight is 333 g/mol. The summed E-state index contributed by atoms with van der Waals surface area (Å²) in [6.07, 6.45) is -0.790. The molecule has 0 bridgehead atoms. The number of benzene rings is 2. The van der Waals surface area contributed by atoms with Gasteiger partial charge in [-0.1, -0.05) is 41.9 Å². The highest BCUT2D eigenvalue weighted by Gasteiger charge is 2.23. The van der Waals surface area contributed by atoms with Crippen LogP contribution >= 0.6 is 11.6 Å². The van der Waals surface area contributed by atoms with Crippen LogP contribution in [0.1, 0.15) is 18.5 Å². The fourth-order valence-corrected chi connectivity index (χ4v) is 2.12. The van der Waals surface area contributed by atoms with Crippen molar-refractivity contribution in [3.63, 3.8) is 0 Å². The third kappa shape index (κ3) is 4.72. The summed E-state index contributed by atoms with van der Waals surface area (Å²) >= 11 is 5.80. The SMILES string of the molecule is C[C@@H](Oc1ccc(Cl)cc1)C(=O)N[C@@H](C(N)=O)c1ccccc1. The summed E-state index contributed by atoms with van der Waals surface area (Å²) in [7, 11) is 0. The highest BCUT2D eigenvalue weighted by atomic mass is 35.5. The van der Waals surface area contributed by atoms with Crippen molar-refractivity contribution in [2.45, 2.75) is 19.1 Å². The van der Waals surface area contributed by atoms with Gasteiger partial charge in [-0.3, -0.25) is 9.59 Å². The van der Waals surface area contributed by atoms with Crippen molar-refractivity contribution in [3.8, 4) is 5.75 Å². The van der Waals surface area contributed by atoms with E-state index < -0.39 is 24.0 Å². The molecule has 6 heteroatoms. The molecule has 5 nitrogen and oxygen atoms in total. The van der Waals surface area contributed by atoms with Gasteiger partial charge in [-0.25, -0.2) is 0 Å². The van der Waals surface area contributed by atoms with Gasteiger partial charge in [0.05, 0.1) is 0 Å². The molecule has 0 saturated heterocycles. The summed E-state index contributed by atoms with van der Waals surface area (Å²) < 4.78 is 5.52. The highest BCUT2D eigenvalue weighted by Crippen LogP contribution is 2.17. The number of halogens is 1. The Morgan fingerprint density at radius 3 is 2.26 bits per heavy atom. The van der Waals surface area contributed by atoms with E-state index in [1.165, 1.54) is 0 Å². The first-order valence-electron chi connectivity index (χ1n) is 7.04. The summed E-state index contributed by atoms with van der Waals surface area (Å²) in [6.45, 7) is 1.59. The van der Waals surface area contributed by atoms with Crippen LogP contribution in [0.5, 0.6) is 5.75 Å². The van der Waals surface area contributed by atoms with E-state index in [-0.39, 0.29) is 0 Å². The summed E-state index contributed by atoms with van der Waals surface area (Å²) in [5.41, 5.74) is 5.99. The summed E-state index contributed by atoms with van der Waals surface area (Å²) in [6, 6.07) is 14.5. The first-order chi connectivity index (χ1) is 11.0. The maximum Gasteiger partial charge on any atom is 0.261 e. The van der Waals surface area contributed by atoms with E-state index in [2.05, 4.69) is 5.32 Å². The van der Waals surface area contributed by atoms with E-state index in [9.17, 15) is 9.59 Å². The Kier molecular flexibility index (Phi) is 5.60. The summed E-state index contributed by atoms with van der Waals surface area (Å²) in [5.74, 6) is -0.566. The fraction of sp³-hybridized carbons (Fsp3) is 0.176. The molecule has 0 aliphatic carbocycles. The van der Waals surface area contributed by atoms with Gasteiger partial charge in [-0.15, -0.1) is 0 Å². The maximum absolute atomic E-state index is 12.2. The molecule has 0 unspecified atom stereocenters. The van der Waals surface area contributed by atoms with Crippen molar-refractivity contribution in [3.05, 3.63) is 65.2 Å². The van der Waals surface area contributed by atoms with Crippen LogP contribution in [-0.4, -0.2) is 17.9 Å². The zero-order chi connectivity index (χ0) is 16.8. The molecule has 2 amide bonds. The quantitative estimate of drug-likeness (QED) is 0.852. The third-order valence-corrected chi connectivity index (χ3v) is 3.45. The zero-order valence-corrected chi connectivity index (χ0v) is 13.3. The lowest BCUT2D eigenvalue weighted by molar-refractivity contribution is -0.131. The Morgan fingerprint density at radius 1 is 1.09 bits per heavy atom. The Bertz CT molecular complexity index is 674. The van der Waals surface area contributed by atoms with E-state index in [1.807, 2.05) is 6.07 Å². The number of nitrogens with one attached hydrogen (secondary N) is 1. The van der Waals surface area contributed by atoms with E-state index in [4.69, 9.17) is 22.1 Å². The molecule has 120 valence electrons. The van der Waals surface area contributed by atoms with Crippen molar-refractivity contribution < 1.29 is 14.3 Å². The minimum absolute atomic E-state index is 0.437. The van der Waals surface area contributed by atoms with Crippen LogP contribution in [0, 0.1) is 0 Å². The highest BCUT2D eigenvalue weighted by molar-refractivity contribution is 6.30. The Balaban J connectivity index is 2.03. The number of hydrogen-bond donors (Lipinski definition) is 2. The Labute approximate surface area is 139 Å². The van der Waals surface area contributed by atoms with Gasteiger partial charge in [0.15, 0.2) is 6.10 Å². The van der Waals surface area contributed by atoms with Gasteiger partial charge in [0.1, 0.15) is 11.8 Å². The lowest BCUT2D eigenvalue weighted by Crippen LogP contribution is -2.43. The van der Waals surface area contributed by atoms with Crippen LogP contribution in [0.2, 0.25) is 5.02 Å². The lowest BCUT2D eigenvalue weighted by atomic mass is 10.1. The molecule has 0 heterocycles. The molecule has 0 saturated carbocycles. The number of rotatable bonds is 6. The van der Waals surface area contributed by atoms with Gasteiger partial charge < -0.3 is 15.8 Å². The molecule has 0 aliphatic rings. The molecule has 2 rings (SSSR count). The molecule has 0 radical (unpaired) electrons. The third-order valence-electron chi connectivity index (χ3n) is 3.20. The second-order valence-electron chi connectivity index (χ2n) is 4.97. The monoisotopic (exact) mass is 332 g/mol. The predicted molar refractivity (Wildman–Crippen MR) is 88.1 cm³/mol. The molecular weight excluding hydrogens is 316 g/mol. The number of hydrogen-bond acceptors (Lipinski definition) is 3. The van der Waals surface area contributed by atoms with Crippen molar-refractivity contribution in [1.82, 2.24) is 5.32 Å². The number of carbonyl (C=O) groups is 2. The van der Waals surface area contributed by atoms with Crippen LogP contribution in [0.3, 0.4) is 0 Å². The normalized spacial score (nSPS) is 13.0. The van der Waals surface area contributed by atoms with Crippen LogP contribution in [0.4, 0.5) is 0 Å². The van der Waals surface area contributed by atoms with Crippen molar-refractivity contribution in [2.24, 2.45) is 5.73 Å². The molecule has 2 aromatic rings. The summed E-state index contributed by atoms with van der Waals surface area (Å²) in [4.78, 5) is 23.8. The molecular formula is C17H17ClN2O3.